The van der Waals surface area contributed by atoms with Gasteiger partial charge in [0, 0.05) is 19.3 Å². The lowest BCUT2D eigenvalue weighted by Gasteiger charge is -2.25. The van der Waals surface area contributed by atoms with Crippen LogP contribution in [0.1, 0.15) is 23.1 Å². The molecule has 0 aliphatic carbocycles. The number of rotatable bonds is 16. The van der Waals surface area contributed by atoms with Crippen molar-refractivity contribution in [3.63, 3.8) is 0 Å². The highest BCUT2D eigenvalue weighted by Gasteiger charge is 2.31. The van der Waals surface area contributed by atoms with E-state index >= 15 is 0 Å². The summed E-state index contributed by atoms with van der Waals surface area (Å²) in [6.07, 6.45) is 2.34. The van der Waals surface area contributed by atoms with E-state index in [0.29, 0.717) is 23.3 Å². The fraction of sp³-hybridized carbons (Fsp3) is 0.312. The van der Waals surface area contributed by atoms with Gasteiger partial charge in [-0.05, 0) is 59.4 Å². The molecule has 0 aliphatic rings. The Labute approximate surface area is 260 Å². The van der Waals surface area contributed by atoms with Crippen molar-refractivity contribution in [2.45, 2.75) is 49.9 Å². The Balaban J connectivity index is 1.84. The second kappa shape index (κ2) is 16.9. The van der Waals surface area contributed by atoms with Crippen LogP contribution in [-0.4, -0.2) is 75.2 Å². The predicted octanol–water partition coefficient (Wildman–Crippen LogP) is 1.75. The molecular weight excluding hydrogens is 584 g/mol. The van der Waals surface area contributed by atoms with Crippen molar-refractivity contribution in [1.82, 2.24) is 16.0 Å². The quantitative estimate of drug-likeness (QED) is 0.125. The number of carbonyl (C=O) groups excluding carboxylic acids is 3. The smallest absolute Gasteiger partial charge is 0.326 e. The normalized spacial score (nSPS) is 13.6. The van der Waals surface area contributed by atoms with E-state index in [0.717, 1.165) is 5.56 Å². The lowest BCUT2D eigenvalue weighted by Crippen LogP contribution is -2.58. The fourth-order valence-electron chi connectivity index (χ4n) is 4.40. The zero-order valence-electron chi connectivity index (χ0n) is 24.3. The number of phenols is 2. The van der Waals surface area contributed by atoms with Gasteiger partial charge in [0.15, 0.2) is 0 Å². The van der Waals surface area contributed by atoms with Gasteiger partial charge in [0.2, 0.25) is 17.7 Å². The molecule has 3 aromatic carbocycles. The molecule has 3 amide bonds. The van der Waals surface area contributed by atoms with Crippen LogP contribution < -0.4 is 21.7 Å². The molecule has 0 radical (unpaired) electrons. The number of hydrogen-bond donors (Lipinski definition) is 7. The highest BCUT2D eigenvalue weighted by molar-refractivity contribution is 7.98. The third kappa shape index (κ3) is 10.9. The van der Waals surface area contributed by atoms with Crippen LogP contribution in [0.4, 0.5) is 0 Å². The summed E-state index contributed by atoms with van der Waals surface area (Å²) in [6.45, 7) is 0. The zero-order chi connectivity index (χ0) is 32.1. The van der Waals surface area contributed by atoms with E-state index in [4.69, 9.17) is 5.73 Å². The van der Waals surface area contributed by atoms with Crippen LogP contribution in [0.25, 0.3) is 0 Å². The summed E-state index contributed by atoms with van der Waals surface area (Å²) in [6, 6.07) is 16.6. The Hall–Kier alpha value is -4.55. The maximum absolute atomic E-state index is 13.7. The van der Waals surface area contributed by atoms with Crippen molar-refractivity contribution in [1.29, 1.82) is 0 Å². The van der Waals surface area contributed by atoms with Crippen molar-refractivity contribution in [3.8, 4) is 11.5 Å². The monoisotopic (exact) mass is 622 g/mol. The van der Waals surface area contributed by atoms with Gasteiger partial charge in [-0.2, -0.15) is 11.8 Å². The molecule has 234 valence electrons. The Morgan fingerprint density at radius 2 is 1.07 bits per heavy atom. The average Bonchev–Trinajstić information content (AvgIpc) is 3.01. The first kappa shape index (κ1) is 33.9. The van der Waals surface area contributed by atoms with Crippen LogP contribution in [0, 0.1) is 0 Å². The number of amides is 3. The number of carbonyl (C=O) groups is 4. The van der Waals surface area contributed by atoms with E-state index in [1.807, 2.05) is 6.26 Å². The maximum atomic E-state index is 13.7. The number of thioether (sulfide) groups is 1. The lowest BCUT2D eigenvalue weighted by atomic mass is 10.0. The minimum atomic E-state index is -1.32. The van der Waals surface area contributed by atoms with Gasteiger partial charge in [0.1, 0.15) is 29.6 Å². The summed E-state index contributed by atoms with van der Waals surface area (Å²) < 4.78 is 0. The van der Waals surface area contributed by atoms with Crippen molar-refractivity contribution in [2.24, 2.45) is 5.73 Å². The number of nitrogens with two attached hydrogens (primary N) is 1. The molecule has 0 spiro atoms. The number of aromatic hydroxyl groups is 2. The van der Waals surface area contributed by atoms with Gasteiger partial charge in [-0.1, -0.05) is 54.6 Å². The first-order valence-corrected chi connectivity index (χ1v) is 15.4. The van der Waals surface area contributed by atoms with Gasteiger partial charge >= 0.3 is 5.97 Å². The second-order valence-electron chi connectivity index (χ2n) is 10.3. The average molecular weight is 623 g/mol. The van der Waals surface area contributed by atoms with Crippen molar-refractivity contribution >= 4 is 35.5 Å². The van der Waals surface area contributed by atoms with Crippen LogP contribution in [-0.2, 0) is 38.4 Å². The van der Waals surface area contributed by atoms with E-state index in [1.165, 1.54) is 36.0 Å². The predicted molar refractivity (Wildman–Crippen MR) is 168 cm³/mol. The number of carboxylic acids is 1. The summed E-state index contributed by atoms with van der Waals surface area (Å²) in [5.74, 6) is -2.47. The lowest BCUT2D eigenvalue weighted by molar-refractivity contribution is -0.142. The number of phenolic OH excluding ortho intramolecular Hbond substituents is 2. The Morgan fingerprint density at radius 3 is 1.52 bits per heavy atom. The van der Waals surface area contributed by atoms with Crippen LogP contribution in [0.5, 0.6) is 11.5 Å². The maximum Gasteiger partial charge on any atom is 0.326 e. The molecule has 11 nitrogen and oxygen atoms in total. The molecule has 44 heavy (non-hydrogen) atoms. The third-order valence-corrected chi connectivity index (χ3v) is 7.53. The minimum absolute atomic E-state index is 0.0226. The number of nitrogens with one attached hydrogen (secondary N) is 3. The Kier molecular flexibility index (Phi) is 13.1. The van der Waals surface area contributed by atoms with Gasteiger partial charge in [-0.3, -0.25) is 14.4 Å². The molecule has 3 rings (SSSR count). The molecular formula is C32H38N4O7S. The molecule has 0 aliphatic heterocycles. The Morgan fingerprint density at radius 1 is 0.659 bits per heavy atom. The summed E-state index contributed by atoms with van der Waals surface area (Å²) in [5, 5.41) is 37.0. The van der Waals surface area contributed by atoms with Crippen LogP contribution >= 0.6 is 11.8 Å². The van der Waals surface area contributed by atoms with Gasteiger partial charge in [0.25, 0.3) is 0 Å². The molecule has 0 aromatic heterocycles. The number of carboxylic acid groups (broad SMARTS) is 1. The summed E-state index contributed by atoms with van der Waals surface area (Å²) in [4.78, 5) is 52.2. The number of aliphatic carboxylic acids is 1. The molecule has 0 saturated heterocycles. The molecule has 4 atom stereocenters. The van der Waals surface area contributed by atoms with Gasteiger partial charge in [0.05, 0.1) is 6.04 Å². The van der Waals surface area contributed by atoms with Crippen LogP contribution in [0.2, 0.25) is 0 Å². The third-order valence-electron chi connectivity index (χ3n) is 6.89. The van der Waals surface area contributed by atoms with Crippen molar-refractivity contribution in [3.05, 3.63) is 95.6 Å². The molecule has 12 heteroatoms. The van der Waals surface area contributed by atoms with E-state index in [-0.39, 0.29) is 30.8 Å². The zero-order valence-corrected chi connectivity index (χ0v) is 25.1. The van der Waals surface area contributed by atoms with Gasteiger partial charge < -0.3 is 37.0 Å². The Bertz CT molecular complexity index is 1390. The summed E-state index contributed by atoms with van der Waals surface area (Å²) >= 11 is 1.54. The first-order valence-electron chi connectivity index (χ1n) is 14.0. The molecule has 8 N–H and O–H groups in total. The molecule has 0 saturated carbocycles. The minimum Gasteiger partial charge on any atom is -0.508 e. The van der Waals surface area contributed by atoms with Crippen molar-refractivity contribution < 1.29 is 34.5 Å². The van der Waals surface area contributed by atoms with E-state index in [2.05, 4.69) is 16.0 Å². The SMILES string of the molecule is CSCCC(N)C(=O)NC(Cc1ccc(O)cc1)C(=O)NC(Cc1ccccc1)C(=O)NC(Cc1ccc(O)cc1)C(=O)O. The highest BCUT2D eigenvalue weighted by atomic mass is 32.2. The summed E-state index contributed by atoms with van der Waals surface area (Å²) in [7, 11) is 0. The van der Waals surface area contributed by atoms with Gasteiger partial charge in [-0.15, -0.1) is 0 Å². The number of hydrogen-bond acceptors (Lipinski definition) is 8. The van der Waals surface area contributed by atoms with Crippen LogP contribution in [0.15, 0.2) is 78.9 Å². The standard InChI is InChI=1S/C32H38N4O7S/c1-44-16-15-25(33)29(39)34-26(18-21-7-11-23(37)12-8-21)30(40)35-27(17-20-5-3-2-4-6-20)31(41)36-28(32(42)43)19-22-9-13-24(38)14-10-22/h2-14,25-28,37-38H,15-19,33H2,1H3,(H,34,39)(H,35,40)(H,36,41)(H,42,43). The van der Waals surface area contributed by atoms with Crippen molar-refractivity contribution in [2.75, 3.05) is 12.0 Å². The second-order valence-corrected chi connectivity index (χ2v) is 11.3. The summed E-state index contributed by atoms with van der Waals surface area (Å²) in [5.41, 5.74) is 7.99. The first-order chi connectivity index (χ1) is 21.0. The van der Waals surface area contributed by atoms with E-state index < -0.39 is 47.9 Å². The molecule has 4 unspecified atom stereocenters. The number of benzene rings is 3. The molecule has 0 fully saturated rings. The molecule has 3 aromatic rings. The fourth-order valence-corrected chi connectivity index (χ4v) is 4.89. The van der Waals surface area contributed by atoms with Gasteiger partial charge in [-0.25, -0.2) is 4.79 Å². The van der Waals surface area contributed by atoms with E-state index in [9.17, 15) is 34.5 Å². The highest BCUT2D eigenvalue weighted by Crippen LogP contribution is 2.14. The van der Waals surface area contributed by atoms with Crippen LogP contribution in [0.3, 0.4) is 0 Å². The largest absolute Gasteiger partial charge is 0.508 e. The van der Waals surface area contributed by atoms with E-state index in [1.54, 1.807) is 54.6 Å². The topological polar surface area (TPSA) is 191 Å². The molecule has 0 bridgehead atoms. The molecule has 0 heterocycles.